The molecule has 0 radical (unpaired) electrons. The summed E-state index contributed by atoms with van der Waals surface area (Å²) in [4.78, 5) is 37.6. The predicted octanol–water partition coefficient (Wildman–Crippen LogP) is 13.6. The van der Waals surface area contributed by atoms with Crippen molar-refractivity contribution in [1.82, 2.24) is 0 Å². The Morgan fingerprint density at radius 2 is 0.660 bits per heavy atom. The van der Waals surface area contributed by atoms with E-state index in [1.54, 1.807) is 0 Å². The van der Waals surface area contributed by atoms with Gasteiger partial charge in [0.05, 0.1) is 0 Å². The number of carbonyl (C=O) groups is 3. The molecule has 0 saturated carbocycles. The van der Waals surface area contributed by atoms with Crippen LogP contribution in [0.5, 0.6) is 0 Å². The first-order valence-corrected chi connectivity index (χ1v) is 21.9. The van der Waals surface area contributed by atoms with Gasteiger partial charge in [0.25, 0.3) is 0 Å². The molecule has 50 heavy (non-hydrogen) atoms. The number of esters is 3. The van der Waals surface area contributed by atoms with Crippen molar-refractivity contribution in [2.75, 3.05) is 13.2 Å². The highest BCUT2D eigenvalue weighted by molar-refractivity contribution is 5.71. The zero-order chi connectivity index (χ0) is 36.8. The van der Waals surface area contributed by atoms with Crippen LogP contribution in [0, 0.1) is 5.92 Å². The van der Waals surface area contributed by atoms with E-state index in [1.807, 2.05) is 0 Å². The van der Waals surface area contributed by atoms with Crippen LogP contribution in [-0.2, 0) is 28.6 Å². The van der Waals surface area contributed by atoms with Crippen LogP contribution in [0.1, 0.15) is 240 Å². The molecule has 0 saturated heterocycles. The van der Waals surface area contributed by atoms with Crippen molar-refractivity contribution in [3.05, 3.63) is 0 Å². The molecular formula is C44H84O6. The first kappa shape index (κ1) is 48.4. The van der Waals surface area contributed by atoms with Crippen molar-refractivity contribution in [2.24, 2.45) is 5.92 Å². The molecule has 0 amide bonds. The molecule has 0 rings (SSSR count). The van der Waals surface area contributed by atoms with Gasteiger partial charge in [-0.15, -0.1) is 0 Å². The summed E-state index contributed by atoms with van der Waals surface area (Å²) in [6.07, 6.45) is 36.6. The molecule has 0 bridgehead atoms. The fraction of sp³-hybridized carbons (Fsp3) is 0.932. The number of rotatable bonds is 39. The fourth-order valence-corrected chi connectivity index (χ4v) is 6.45. The topological polar surface area (TPSA) is 78.9 Å². The normalized spacial score (nSPS) is 11.9. The Hall–Kier alpha value is -1.59. The van der Waals surface area contributed by atoms with Gasteiger partial charge >= 0.3 is 17.9 Å². The van der Waals surface area contributed by atoms with E-state index in [1.165, 1.54) is 135 Å². The Balaban J connectivity index is 4.34. The number of hydrogen-bond acceptors (Lipinski definition) is 6. The van der Waals surface area contributed by atoms with E-state index < -0.39 is 6.10 Å². The number of carbonyl (C=O) groups excluding carboxylic acids is 3. The van der Waals surface area contributed by atoms with E-state index in [-0.39, 0.29) is 31.1 Å². The SMILES string of the molecule is CCCCCCCCCCCCCC(=O)O[C@@H](COC(=O)CCCCCCCCCCCC)COC(=O)CCCCCCCCCCC(C)C. The summed E-state index contributed by atoms with van der Waals surface area (Å²) in [5.41, 5.74) is 0. The zero-order valence-corrected chi connectivity index (χ0v) is 33.9. The van der Waals surface area contributed by atoms with Crippen molar-refractivity contribution < 1.29 is 28.6 Å². The second-order valence-corrected chi connectivity index (χ2v) is 15.5. The van der Waals surface area contributed by atoms with Gasteiger partial charge in [0, 0.05) is 19.3 Å². The second-order valence-electron chi connectivity index (χ2n) is 15.5. The lowest BCUT2D eigenvalue weighted by Crippen LogP contribution is -2.30. The van der Waals surface area contributed by atoms with Crippen LogP contribution in [-0.4, -0.2) is 37.2 Å². The van der Waals surface area contributed by atoms with Gasteiger partial charge in [-0.05, 0) is 25.2 Å². The molecule has 0 spiro atoms. The Labute approximate surface area is 310 Å². The van der Waals surface area contributed by atoms with Gasteiger partial charge in [0.2, 0.25) is 0 Å². The number of hydrogen-bond donors (Lipinski definition) is 0. The summed E-state index contributed by atoms with van der Waals surface area (Å²) in [6, 6.07) is 0. The molecule has 0 heterocycles. The third-order valence-corrected chi connectivity index (χ3v) is 9.79. The minimum atomic E-state index is -0.758. The zero-order valence-electron chi connectivity index (χ0n) is 33.9. The highest BCUT2D eigenvalue weighted by atomic mass is 16.6. The van der Waals surface area contributed by atoms with Crippen molar-refractivity contribution in [3.8, 4) is 0 Å². The lowest BCUT2D eigenvalue weighted by Gasteiger charge is -2.18. The molecule has 6 nitrogen and oxygen atoms in total. The average Bonchev–Trinajstić information content (AvgIpc) is 3.09. The summed E-state index contributed by atoms with van der Waals surface area (Å²) in [6.45, 7) is 8.94. The van der Waals surface area contributed by atoms with E-state index in [0.717, 1.165) is 63.7 Å². The van der Waals surface area contributed by atoms with Crippen molar-refractivity contribution >= 4 is 17.9 Å². The van der Waals surface area contributed by atoms with E-state index >= 15 is 0 Å². The van der Waals surface area contributed by atoms with Crippen molar-refractivity contribution in [3.63, 3.8) is 0 Å². The van der Waals surface area contributed by atoms with Gasteiger partial charge in [-0.3, -0.25) is 14.4 Å². The van der Waals surface area contributed by atoms with E-state index in [0.29, 0.717) is 19.3 Å². The molecule has 0 unspecified atom stereocenters. The summed E-state index contributed by atoms with van der Waals surface area (Å²) in [5, 5.41) is 0. The summed E-state index contributed by atoms with van der Waals surface area (Å²) in [7, 11) is 0. The Morgan fingerprint density at radius 3 is 0.980 bits per heavy atom. The van der Waals surface area contributed by atoms with E-state index in [9.17, 15) is 14.4 Å². The van der Waals surface area contributed by atoms with Crippen LogP contribution in [0.25, 0.3) is 0 Å². The van der Waals surface area contributed by atoms with Crippen LogP contribution in [0.3, 0.4) is 0 Å². The number of unbranched alkanes of at least 4 members (excludes halogenated alkanes) is 26. The lowest BCUT2D eigenvalue weighted by molar-refractivity contribution is -0.167. The Morgan fingerprint density at radius 1 is 0.380 bits per heavy atom. The molecule has 0 aromatic heterocycles. The molecule has 6 heteroatoms. The van der Waals surface area contributed by atoms with Crippen LogP contribution in [0.2, 0.25) is 0 Å². The largest absolute Gasteiger partial charge is 0.462 e. The van der Waals surface area contributed by atoms with Gasteiger partial charge in [0.1, 0.15) is 13.2 Å². The second kappa shape index (κ2) is 38.6. The van der Waals surface area contributed by atoms with E-state index in [4.69, 9.17) is 14.2 Å². The van der Waals surface area contributed by atoms with Crippen LogP contribution in [0.15, 0.2) is 0 Å². The molecule has 0 fully saturated rings. The molecule has 0 N–H and O–H groups in total. The third kappa shape index (κ3) is 37.7. The molecule has 0 aromatic carbocycles. The maximum Gasteiger partial charge on any atom is 0.306 e. The molecule has 0 aliphatic rings. The maximum absolute atomic E-state index is 12.7. The Kier molecular flexibility index (Phi) is 37.4. The van der Waals surface area contributed by atoms with Crippen LogP contribution < -0.4 is 0 Å². The standard InChI is InChI=1S/C44H84O6/c1-5-7-9-11-13-15-17-19-25-29-33-37-44(47)50-41(38-48-42(45)35-31-27-23-18-16-14-12-10-8-6-2)39-49-43(46)36-32-28-24-21-20-22-26-30-34-40(3)4/h40-41H,5-39H2,1-4H3/t41-/m0/s1. The quantitative estimate of drug-likeness (QED) is 0.0359. The van der Waals surface area contributed by atoms with Gasteiger partial charge < -0.3 is 14.2 Å². The third-order valence-electron chi connectivity index (χ3n) is 9.79. The smallest absolute Gasteiger partial charge is 0.306 e. The number of ether oxygens (including phenoxy) is 3. The first-order chi connectivity index (χ1) is 24.4. The lowest BCUT2D eigenvalue weighted by atomic mass is 10.0. The first-order valence-electron chi connectivity index (χ1n) is 21.9. The highest BCUT2D eigenvalue weighted by Gasteiger charge is 2.19. The van der Waals surface area contributed by atoms with Gasteiger partial charge in [0.15, 0.2) is 6.10 Å². The van der Waals surface area contributed by atoms with Crippen LogP contribution >= 0.6 is 0 Å². The summed E-state index contributed by atoms with van der Waals surface area (Å²) >= 11 is 0. The minimum absolute atomic E-state index is 0.0644. The van der Waals surface area contributed by atoms with Gasteiger partial charge in [-0.25, -0.2) is 0 Å². The molecule has 0 aliphatic carbocycles. The highest BCUT2D eigenvalue weighted by Crippen LogP contribution is 2.16. The monoisotopic (exact) mass is 709 g/mol. The fourth-order valence-electron chi connectivity index (χ4n) is 6.45. The minimum Gasteiger partial charge on any atom is -0.462 e. The summed E-state index contributed by atoms with van der Waals surface area (Å²) in [5.74, 6) is -0.0635. The van der Waals surface area contributed by atoms with Gasteiger partial charge in [-0.2, -0.15) is 0 Å². The molecule has 1 atom stereocenters. The predicted molar refractivity (Wildman–Crippen MR) is 210 cm³/mol. The summed E-state index contributed by atoms with van der Waals surface area (Å²) < 4.78 is 16.7. The molecule has 0 aromatic rings. The molecular weight excluding hydrogens is 624 g/mol. The molecule has 296 valence electrons. The van der Waals surface area contributed by atoms with Crippen molar-refractivity contribution in [2.45, 2.75) is 246 Å². The van der Waals surface area contributed by atoms with E-state index in [2.05, 4.69) is 27.7 Å². The van der Waals surface area contributed by atoms with Crippen LogP contribution in [0.4, 0.5) is 0 Å². The maximum atomic E-state index is 12.7. The van der Waals surface area contributed by atoms with Crippen molar-refractivity contribution in [1.29, 1.82) is 0 Å². The Bertz CT molecular complexity index is 751. The molecule has 0 aliphatic heterocycles. The van der Waals surface area contributed by atoms with Gasteiger partial charge in [-0.1, -0.05) is 201 Å². The average molecular weight is 709 g/mol.